The van der Waals surface area contributed by atoms with Gasteiger partial charge in [-0.25, -0.2) is 0 Å². The number of hydrogen-bond acceptors (Lipinski definition) is 3. The van der Waals surface area contributed by atoms with Gasteiger partial charge >= 0.3 is 0 Å². The van der Waals surface area contributed by atoms with Gasteiger partial charge < -0.3 is 15.3 Å². The van der Waals surface area contributed by atoms with Crippen LogP contribution in [0.3, 0.4) is 0 Å². The van der Waals surface area contributed by atoms with Crippen LogP contribution in [0, 0.1) is 0 Å². The summed E-state index contributed by atoms with van der Waals surface area (Å²) in [5.74, 6) is -0.490. The Morgan fingerprint density at radius 1 is 0.824 bits per heavy atom. The Morgan fingerprint density at radius 3 is 2.00 bits per heavy atom. The lowest BCUT2D eigenvalue weighted by Crippen LogP contribution is -1.85. The number of phenolic OH excluding ortho intramolecular Hbond substituents is 2. The van der Waals surface area contributed by atoms with Gasteiger partial charge in [0.15, 0.2) is 0 Å². The number of rotatable bonds is 2. The molecule has 2 aromatic carbocycles. The van der Waals surface area contributed by atoms with Crippen LogP contribution in [0.1, 0.15) is 11.1 Å². The Bertz CT molecular complexity index is 524. The number of aliphatic hydroxyl groups is 1. The maximum absolute atomic E-state index is 9.88. The topological polar surface area (TPSA) is 60.7 Å². The largest absolute Gasteiger partial charge is 0.507 e. The highest BCUT2D eigenvalue weighted by Gasteiger charge is 2.10. The van der Waals surface area contributed by atoms with Gasteiger partial charge in [0.05, 0.1) is 5.56 Å². The summed E-state index contributed by atoms with van der Waals surface area (Å²) < 4.78 is 0. The molecule has 0 bridgehead atoms. The third-order valence-corrected chi connectivity index (χ3v) is 2.38. The number of phenols is 2. The average molecular weight is 228 g/mol. The summed E-state index contributed by atoms with van der Waals surface area (Å²) in [6.07, 6.45) is 1.48. The van der Waals surface area contributed by atoms with E-state index in [1.54, 1.807) is 0 Å². The van der Waals surface area contributed by atoms with Crippen LogP contribution < -0.4 is 0 Å². The normalized spacial score (nSPS) is 11.4. The van der Waals surface area contributed by atoms with Crippen LogP contribution >= 0.6 is 0 Å². The van der Waals surface area contributed by atoms with Crippen molar-refractivity contribution in [2.24, 2.45) is 0 Å². The highest BCUT2D eigenvalue weighted by molar-refractivity contribution is 5.81. The van der Waals surface area contributed by atoms with Crippen LogP contribution in [0.4, 0.5) is 0 Å². The van der Waals surface area contributed by atoms with E-state index >= 15 is 0 Å². The fourth-order valence-electron chi connectivity index (χ4n) is 1.57. The second-order valence-corrected chi connectivity index (χ2v) is 3.61. The van der Waals surface area contributed by atoms with Crippen LogP contribution in [0.25, 0.3) is 11.8 Å². The molecular weight excluding hydrogens is 216 g/mol. The van der Waals surface area contributed by atoms with Crippen molar-refractivity contribution in [3.63, 3.8) is 0 Å². The van der Waals surface area contributed by atoms with Crippen molar-refractivity contribution in [3.8, 4) is 11.5 Å². The molecule has 86 valence electrons. The molecule has 2 rings (SSSR count). The van der Waals surface area contributed by atoms with Crippen LogP contribution in [0.15, 0.2) is 48.5 Å². The quantitative estimate of drug-likeness (QED) is 0.546. The van der Waals surface area contributed by atoms with Gasteiger partial charge in [0.2, 0.25) is 0 Å². The Hall–Kier alpha value is -2.42. The first-order valence-corrected chi connectivity index (χ1v) is 5.15. The van der Waals surface area contributed by atoms with Gasteiger partial charge in [-0.1, -0.05) is 36.4 Å². The number of benzene rings is 2. The molecule has 0 atom stereocenters. The Kier molecular flexibility index (Phi) is 3.01. The van der Waals surface area contributed by atoms with Gasteiger partial charge in [0.25, 0.3) is 0 Å². The second kappa shape index (κ2) is 4.61. The highest BCUT2D eigenvalue weighted by Crippen LogP contribution is 2.32. The Labute approximate surface area is 98.9 Å². The fraction of sp³-hybridized carbons (Fsp3) is 0. The van der Waals surface area contributed by atoms with E-state index in [-0.39, 0.29) is 22.8 Å². The molecule has 0 aromatic heterocycles. The Morgan fingerprint density at radius 2 is 1.41 bits per heavy atom. The van der Waals surface area contributed by atoms with E-state index in [2.05, 4.69) is 0 Å². The van der Waals surface area contributed by atoms with Gasteiger partial charge in [-0.2, -0.15) is 0 Å². The predicted octanol–water partition coefficient (Wildman–Crippen LogP) is 3.15. The summed E-state index contributed by atoms with van der Waals surface area (Å²) in [6, 6.07) is 13.5. The van der Waals surface area contributed by atoms with Crippen LogP contribution in [0.5, 0.6) is 11.5 Å². The molecule has 0 unspecified atom stereocenters. The van der Waals surface area contributed by atoms with Crippen LogP contribution in [-0.4, -0.2) is 15.3 Å². The standard InChI is InChI=1S/C14H12O3/c15-11-7-4-8-12(16)14(11)13(17)9-10-5-2-1-3-6-10/h1-9,15-17H. The molecule has 17 heavy (non-hydrogen) atoms. The third-order valence-electron chi connectivity index (χ3n) is 2.38. The van der Waals surface area contributed by atoms with Crippen molar-refractivity contribution in [2.45, 2.75) is 0 Å². The predicted molar refractivity (Wildman–Crippen MR) is 66.7 cm³/mol. The molecule has 0 saturated heterocycles. The molecule has 0 heterocycles. The van der Waals surface area contributed by atoms with E-state index in [9.17, 15) is 15.3 Å². The van der Waals surface area contributed by atoms with Crippen LogP contribution in [-0.2, 0) is 0 Å². The van der Waals surface area contributed by atoms with Gasteiger partial charge in [-0.05, 0) is 23.8 Å². The molecule has 0 saturated carbocycles. The maximum Gasteiger partial charge on any atom is 0.130 e. The lowest BCUT2D eigenvalue weighted by atomic mass is 10.1. The zero-order valence-electron chi connectivity index (χ0n) is 9.04. The molecule has 0 radical (unpaired) electrons. The molecule has 2 aromatic rings. The summed E-state index contributed by atoms with van der Waals surface area (Å²) in [5.41, 5.74) is 0.823. The van der Waals surface area contributed by atoms with Crippen molar-refractivity contribution in [2.75, 3.05) is 0 Å². The van der Waals surface area contributed by atoms with Gasteiger partial charge in [0.1, 0.15) is 17.3 Å². The fourth-order valence-corrected chi connectivity index (χ4v) is 1.57. The molecule has 0 fully saturated rings. The monoisotopic (exact) mass is 228 g/mol. The number of hydrogen-bond donors (Lipinski definition) is 3. The molecule has 0 aliphatic carbocycles. The summed E-state index contributed by atoms with van der Waals surface area (Å²) in [6.45, 7) is 0. The van der Waals surface area contributed by atoms with E-state index in [0.29, 0.717) is 0 Å². The molecule has 3 heteroatoms. The average Bonchev–Trinajstić information content (AvgIpc) is 2.30. The van der Waals surface area contributed by atoms with Gasteiger partial charge in [0, 0.05) is 0 Å². The van der Waals surface area contributed by atoms with E-state index in [4.69, 9.17) is 0 Å². The first-order chi connectivity index (χ1) is 8.18. The zero-order valence-corrected chi connectivity index (χ0v) is 9.04. The first-order valence-electron chi connectivity index (χ1n) is 5.15. The third kappa shape index (κ3) is 2.39. The smallest absolute Gasteiger partial charge is 0.130 e. The van der Waals surface area contributed by atoms with Crippen LogP contribution in [0.2, 0.25) is 0 Å². The second-order valence-electron chi connectivity index (χ2n) is 3.61. The molecule has 0 aliphatic rings. The lowest BCUT2D eigenvalue weighted by Gasteiger charge is -2.06. The first kappa shape index (κ1) is 11.1. The van der Waals surface area contributed by atoms with E-state index in [1.165, 1.54) is 24.3 Å². The lowest BCUT2D eigenvalue weighted by molar-refractivity contribution is 0.433. The van der Waals surface area contributed by atoms with E-state index < -0.39 is 0 Å². The minimum atomic E-state index is -0.174. The van der Waals surface area contributed by atoms with E-state index in [0.717, 1.165) is 5.56 Å². The summed E-state index contributed by atoms with van der Waals surface area (Å²) in [7, 11) is 0. The van der Waals surface area contributed by atoms with Crippen molar-refractivity contribution in [1.29, 1.82) is 0 Å². The maximum atomic E-state index is 9.88. The van der Waals surface area contributed by atoms with Crippen molar-refractivity contribution < 1.29 is 15.3 Å². The summed E-state index contributed by atoms with van der Waals surface area (Å²) >= 11 is 0. The number of aliphatic hydroxyl groups excluding tert-OH is 1. The number of aromatic hydroxyl groups is 2. The molecule has 0 spiro atoms. The minimum Gasteiger partial charge on any atom is -0.507 e. The van der Waals surface area contributed by atoms with Gasteiger partial charge in [-0.15, -0.1) is 0 Å². The Balaban J connectivity index is 2.44. The SMILES string of the molecule is OC(=Cc1ccccc1)c1c(O)cccc1O. The van der Waals surface area contributed by atoms with E-state index in [1.807, 2.05) is 30.3 Å². The van der Waals surface area contributed by atoms with Crippen molar-refractivity contribution >= 4 is 11.8 Å². The molecule has 0 amide bonds. The van der Waals surface area contributed by atoms with Crippen molar-refractivity contribution in [3.05, 3.63) is 59.7 Å². The van der Waals surface area contributed by atoms with Gasteiger partial charge in [-0.3, -0.25) is 0 Å². The minimum absolute atomic E-state index is 0.0383. The highest BCUT2D eigenvalue weighted by atomic mass is 16.3. The molecule has 0 aliphatic heterocycles. The van der Waals surface area contributed by atoms with Crippen molar-refractivity contribution in [1.82, 2.24) is 0 Å². The summed E-state index contributed by atoms with van der Waals surface area (Å²) in [5, 5.41) is 29.0. The summed E-state index contributed by atoms with van der Waals surface area (Å²) in [4.78, 5) is 0. The molecule has 3 nitrogen and oxygen atoms in total. The molecule has 3 N–H and O–H groups in total. The molecular formula is C14H12O3. The zero-order chi connectivity index (χ0) is 12.3.